The van der Waals surface area contributed by atoms with E-state index < -0.39 is 0 Å². The van der Waals surface area contributed by atoms with Crippen LogP contribution in [-0.2, 0) is 0 Å². The molecule has 0 heterocycles. The summed E-state index contributed by atoms with van der Waals surface area (Å²) in [4.78, 5) is 2.12. The minimum atomic E-state index is 1.13. The standard InChI is InChI=1S/C12H17N/c1-9(2)12-10(3)7-6-8-11(12)13(4)5/h6-8H,1H2,2-5H3. The van der Waals surface area contributed by atoms with E-state index in [1.807, 2.05) is 0 Å². The third-order valence-corrected chi connectivity index (χ3v) is 2.16. The quantitative estimate of drug-likeness (QED) is 0.667. The lowest BCUT2D eigenvalue weighted by Gasteiger charge is -2.19. The maximum atomic E-state index is 4.00. The van der Waals surface area contributed by atoms with Crippen LogP contribution in [0, 0.1) is 6.92 Å². The third kappa shape index (κ3) is 1.92. The summed E-state index contributed by atoms with van der Waals surface area (Å²) in [6, 6.07) is 6.32. The molecular weight excluding hydrogens is 158 g/mol. The van der Waals surface area contributed by atoms with Crippen molar-refractivity contribution in [2.45, 2.75) is 13.8 Å². The van der Waals surface area contributed by atoms with Crippen LogP contribution < -0.4 is 4.90 Å². The molecule has 0 unspecified atom stereocenters. The highest BCUT2D eigenvalue weighted by atomic mass is 15.1. The van der Waals surface area contributed by atoms with Gasteiger partial charge >= 0.3 is 0 Å². The number of rotatable bonds is 2. The topological polar surface area (TPSA) is 3.24 Å². The van der Waals surface area contributed by atoms with E-state index in [9.17, 15) is 0 Å². The van der Waals surface area contributed by atoms with Crippen LogP contribution in [-0.4, -0.2) is 14.1 Å². The Morgan fingerprint density at radius 2 is 1.92 bits per heavy atom. The Morgan fingerprint density at radius 1 is 1.31 bits per heavy atom. The van der Waals surface area contributed by atoms with Gasteiger partial charge in [0.1, 0.15) is 0 Å². The van der Waals surface area contributed by atoms with Crippen molar-refractivity contribution in [2.75, 3.05) is 19.0 Å². The van der Waals surface area contributed by atoms with Crippen molar-refractivity contribution in [3.63, 3.8) is 0 Å². The van der Waals surface area contributed by atoms with Crippen LogP contribution in [0.5, 0.6) is 0 Å². The molecule has 0 radical (unpaired) electrons. The minimum Gasteiger partial charge on any atom is -0.377 e. The Kier molecular flexibility index (Phi) is 2.76. The van der Waals surface area contributed by atoms with Crippen molar-refractivity contribution in [2.24, 2.45) is 0 Å². The van der Waals surface area contributed by atoms with Crippen LogP contribution in [0.3, 0.4) is 0 Å². The molecule has 0 aliphatic carbocycles. The monoisotopic (exact) mass is 175 g/mol. The van der Waals surface area contributed by atoms with E-state index in [1.54, 1.807) is 0 Å². The van der Waals surface area contributed by atoms with Crippen molar-refractivity contribution in [1.29, 1.82) is 0 Å². The Bertz CT molecular complexity index is 324. The maximum absolute atomic E-state index is 4.00. The third-order valence-electron chi connectivity index (χ3n) is 2.16. The smallest absolute Gasteiger partial charge is 0.0439 e. The highest BCUT2D eigenvalue weighted by Gasteiger charge is 2.06. The lowest BCUT2D eigenvalue weighted by molar-refractivity contribution is 1.12. The summed E-state index contributed by atoms with van der Waals surface area (Å²) in [6.45, 7) is 8.18. The van der Waals surface area contributed by atoms with Crippen molar-refractivity contribution < 1.29 is 0 Å². The number of allylic oxidation sites excluding steroid dienone is 1. The van der Waals surface area contributed by atoms with E-state index in [-0.39, 0.29) is 0 Å². The summed E-state index contributed by atoms with van der Waals surface area (Å²) in [5, 5.41) is 0. The molecule has 1 nitrogen and oxygen atoms in total. The second-order valence-corrected chi connectivity index (χ2v) is 3.64. The number of aryl methyl sites for hydroxylation is 1. The molecule has 0 fully saturated rings. The molecule has 0 aromatic heterocycles. The largest absolute Gasteiger partial charge is 0.377 e. The van der Waals surface area contributed by atoms with Crippen LogP contribution >= 0.6 is 0 Å². The molecule has 0 spiro atoms. The molecule has 1 rings (SSSR count). The number of anilines is 1. The SMILES string of the molecule is C=C(C)c1c(C)cccc1N(C)C. The highest BCUT2D eigenvalue weighted by molar-refractivity contribution is 5.76. The molecule has 0 aliphatic heterocycles. The van der Waals surface area contributed by atoms with Crippen LogP contribution in [0.25, 0.3) is 5.57 Å². The van der Waals surface area contributed by atoms with Crippen molar-refractivity contribution in [3.8, 4) is 0 Å². The van der Waals surface area contributed by atoms with Crippen LogP contribution in [0.15, 0.2) is 24.8 Å². The molecule has 0 aliphatic rings. The summed E-state index contributed by atoms with van der Waals surface area (Å²) < 4.78 is 0. The van der Waals surface area contributed by atoms with Gasteiger partial charge < -0.3 is 4.90 Å². The van der Waals surface area contributed by atoms with E-state index >= 15 is 0 Å². The molecule has 70 valence electrons. The normalized spacial score (nSPS) is 9.85. The number of nitrogens with zero attached hydrogens (tertiary/aromatic N) is 1. The highest BCUT2D eigenvalue weighted by Crippen LogP contribution is 2.27. The summed E-state index contributed by atoms with van der Waals surface area (Å²) in [5.41, 5.74) is 4.93. The molecule has 1 aromatic carbocycles. The molecular formula is C12H17N. The molecule has 1 aromatic rings. The van der Waals surface area contributed by atoms with Gasteiger partial charge in [0, 0.05) is 25.3 Å². The Labute approximate surface area is 80.7 Å². The van der Waals surface area contributed by atoms with Crippen LogP contribution in [0.4, 0.5) is 5.69 Å². The van der Waals surface area contributed by atoms with Gasteiger partial charge in [-0.2, -0.15) is 0 Å². The fourth-order valence-electron chi connectivity index (χ4n) is 1.58. The fraction of sp³-hybridized carbons (Fsp3) is 0.333. The van der Waals surface area contributed by atoms with Gasteiger partial charge in [0.05, 0.1) is 0 Å². The summed E-state index contributed by atoms with van der Waals surface area (Å²) >= 11 is 0. The van der Waals surface area contributed by atoms with Gasteiger partial charge in [-0.25, -0.2) is 0 Å². The number of hydrogen-bond acceptors (Lipinski definition) is 1. The van der Waals surface area contributed by atoms with E-state index in [4.69, 9.17) is 0 Å². The lowest BCUT2D eigenvalue weighted by atomic mass is 10.0. The van der Waals surface area contributed by atoms with Gasteiger partial charge in [0.2, 0.25) is 0 Å². The number of benzene rings is 1. The summed E-state index contributed by atoms with van der Waals surface area (Å²) in [6.07, 6.45) is 0. The Morgan fingerprint density at radius 3 is 2.31 bits per heavy atom. The first kappa shape index (κ1) is 9.85. The zero-order valence-corrected chi connectivity index (χ0v) is 8.89. The van der Waals surface area contributed by atoms with Gasteiger partial charge in [-0.15, -0.1) is 0 Å². The Balaban J connectivity index is 3.34. The predicted octanol–water partition coefficient (Wildman–Crippen LogP) is 3.09. The molecule has 0 saturated heterocycles. The zero-order chi connectivity index (χ0) is 10.0. The molecule has 0 amide bonds. The molecule has 0 saturated carbocycles. The fourth-order valence-corrected chi connectivity index (χ4v) is 1.58. The average molecular weight is 175 g/mol. The molecule has 0 bridgehead atoms. The average Bonchev–Trinajstić information content (AvgIpc) is 2.02. The second-order valence-electron chi connectivity index (χ2n) is 3.64. The second kappa shape index (κ2) is 3.65. The minimum absolute atomic E-state index is 1.13. The summed E-state index contributed by atoms with van der Waals surface area (Å²) in [7, 11) is 4.11. The molecule has 1 heteroatoms. The van der Waals surface area contributed by atoms with E-state index in [2.05, 4.69) is 57.6 Å². The molecule has 0 atom stereocenters. The van der Waals surface area contributed by atoms with Crippen LogP contribution in [0.2, 0.25) is 0 Å². The van der Waals surface area contributed by atoms with Crippen molar-refractivity contribution >= 4 is 11.3 Å². The first-order valence-corrected chi connectivity index (χ1v) is 4.47. The van der Waals surface area contributed by atoms with Gasteiger partial charge in [-0.1, -0.05) is 18.7 Å². The first-order chi connectivity index (χ1) is 6.04. The van der Waals surface area contributed by atoms with Gasteiger partial charge in [0.25, 0.3) is 0 Å². The van der Waals surface area contributed by atoms with E-state index in [1.165, 1.54) is 16.8 Å². The van der Waals surface area contributed by atoms with Gasteiger partial charge in [-0.3, -0.25) is 0 Å². The van der Waals surface area contributed by atoms with Crippen molar-refractivity contribution in [3.05, 3.63) is 35.9 Å². The molecule has 13 heavy (non-hydrogen) atoms. The molecule has 0 N–H and O–H groups in total. The maximum Gasteiger partial charge on any atom is 0.0439 e. The Hall–Kier alpha value is -1.24. The lowest BCUT2D eigenvalue weighted by Crippen LogP contribution is -2.11. The number of hydrogen-bond donors (Lipinski definition) is 0. The van der Waals surface area contributed by atoms with Gasteiger partial charge in [-0.05, 0) is 31.1 Å². The first-order valence-electron chi connectivity index (χ1n) is 4.47. The van der Waals surface area contributed by atoms with Crippen molar-refractivity contribution in [1.82, 2.24) is 0 Å². The van der Waals surface area contributed by atoms with E-state index in [0.29, 0.717) is 0 Å². The predicted molar refractivity (Wildman–Crippen MR) is 60.2 cm³/mol. The van der Waals surface area contributed by atoms with Gasteiger partial charge in [0.15, 0.2) is 0 Å². The van der Waals surface area contributed by atoms with Crippen LogP contribution in [0.1, 0.15) is 18.1 Å². The van der Waals surface area contributed by atoms with E-state index in [0.717, 1.165) is 5.57 Å². The zero-order valence-electron chi connectivity index (χ0n) is 8.89. The summed E-state index contributed by atoms with van der Waals surface area (Å²) in [5.74, 6) is 0.